The van der Waals surface area contributed by atoms with Crippen molar-refractivity contribution in [2.75, 3.05) is 7.05 Å². The molecule has 5 heteroatoms. The third-order valence-corrected chi connectivity index (χ3v) is 4.05. The van der Waals surface area contributed by atoms with Crippen LogP contribution in [0.2, 0.25) is 0 Å². The quantitative estimate of drug-likeness (QED) is 0.749. The van der Waals surface area contributed by atoms with E-state index in [0.717, 1.165) is 0 Å². The predicted octanol–water partition coefficient (Wildman–Crippen LogP) is 4.42. The first-order valence-corrected chi connectivity index (χ1v) is 7.08. The predicted molar refractivity (Wildman–Crippen MR) is 73.5 cm³/mol. The monoisotopic (exact) mass is 331 g/mol. The Morgan fingerprint density at radius 2 is 2.00 bits per heavy atom. The molecule has 1 nitrogen and oxygen atoms in total. The normalized spacial score (nSPS) is 11.2. The molecule has 0 saturated carbocycles. The summed E-state index contributed by atoms with van der Waals surface area (Å²) in [5.41, 5.74) is 0.100. The first-order chi connectivity index (χ1) is 8.58. The highest BCUT2D eigenvalue weighted by Crippen LogP contribution is 2.23. The molecule has 18 heavy (non-hydrogen) atoms. The van der Waals surface area contributed by atoms with Crippen molar-refractivity contribution in [1.29, 1.82) is 0 Å². The summed E-state index contributed by atoms with van der Waals surface area (Å²) >= 11 is 4.71. The zero-order chi connectivity index (χ0) is 13.1. The van der Waals surface area contributed by atoms with Crippen molar-refractivity contribution in [1.82, 2.24) is 4.90 Å². The van der Waals surface area contributed by atoms with Crippen molar-refractivity contribution in [3.63, 3.8) is 0 Å². The van der Waals surface area contributed by atoms with E-state index in [0.29, 0.717) is 11.0 Å². The lowest BCUT2D eigenvalue weighted by atomic mass is 10.2. The van der Waals surface area contributed by atoms with Gasteiger partial charge in [0.05, 0.1) is 4.47 Å². The van der Waals surface area contributed by atoms with Crippen molar-refractivity contribution in [2.45, 2.75) is 13.1 Å². The van der Waals surface area contributed by atoms with Gasteiger partial charge in [-0.15, -0.1) is 11.3 Å². The first kappa shape index (κ1) is 13.6. The molecule has 1 aromatic carbocycles. The lowest BCUT2D eigenvalue weighted by Gasteiger charge is -2.17. The highest BCUT2D eigenvalue weighted by molar-refractivity contribution is 9.10. The third kappa shape index (κ3) is 3.16. The van der Waals surface area contributed by atoms with Crippen molar-refractivity contribution < 1.29 is 8.78 Å². The molecular weight excluding hydrogens is 320 g/mol. The zero-order valence-corrected chi connectivity index (χ0v) is 12.2. The zero-order valence-electron chi connectivity index (χ0n) is 9.79. The Kier molecular flexibility index (Phi) is 4.48. The van der Waals surface area contributed by atoms with Crippen LogP contribution in [-0.2, 0) is 13.1 Å². The molecule has 0 amide bonds. The maximum atomic E-state index is 13.8. The van der Waals surface area contributed by atoms with Gasteiger partial charge >= 0.3 is 0 Å². The molecule has 1 heterocycles. The molecule has 1 aromatic heterocycles. The number of nitrogens with zero attached hydrogens (tertiary/aromatic N) is 1. The van der Waals surface area contributed by atoms with Gasteiger partial charge in [-0.05, 0) is 46.6 Å². The van der Waals surface area contributed by atoms with E-state index in [-0.39, 0.29) is 12.1 Å². The van der Waals surface area contributed by atoms with Gasteiger partial charge in [-0.25, -0.2) is 8.78 Å². The average molecular weight is 332 g/mol. The number of benzene rings is 1. The minimum Gasteiger partial charge on any atom is -0.297 e. The Morgan fingerprint density at radius 1 is 1.22 bits per heavy atom. The molecule has 0 saturated heterocycles. The number of thiophene rings is 1. The minimum absolute atomic E-state index is 0.100. The molecule has 96 valence electrons. The minimum atomic E-state index is -0.520. The van der Waals surface area contributed by atoms with E-state index in [9.17, 15) is 8.78 Å². The molecule has 0 unspecified atom stereocenters. The second-order valence-electron chi connectivity index (χ2n) is 4.07. The second kappa shape index (κ2) is 5.91. The van der Waals surface area contributed by atoms with Gasteiger partial charge < -0.3 is 0 Å². The second-order valence-corrected chi connectivity index (χ2v) is 5.96. The van der Waals surface area contributed by atoms with E-state index in [1.54, 1.807) is 11.3 Å². The summed E-state index contributed by atoms with van der Waals surface area (Å²) in [4.78, 5) is 3.06. The molecule has 2 aromatic rings. The highest BCUT2D eigenvalue weighted by Gasteiger charge is 2.14. The maximum absolute atomic E-state index is 13.8. The molecule has 0 aliphatic carbocycles. The van der Waals surface area contributed by atoms with E-state index in [4.69, 9.17) is 0 Å². The summed E-state index contributed by atoms with van der Waals surface area (Å²) in [6.45, 7) is 0.929. The van der Waals surface area contributed by atoms with Gasteiger partial charge in [0.2, 0.25) is 0 Å². The van der Waals surface area contributed by atoms with Crippen LogP contribution in [0.4, 0.5) is 8.78 Å². The smallest absolute Gasteiger partial charge is 0.144 e. The van der Waals surface area contributed by atoms with Crippen molar-refractivity contribution in [3.05, 3.63) is 56.2 Å². The Balaban J connectivity index is 2.11. The van der Waals surface area contributed by atoms with E-state index in [1.807, 2.05) is 29.5 Å². The highest BCUT2D eigenvalue weighted by atomic mass is 79.9. The number of halogens is 3. The standard InChI is InChI=1S/C13H12BrF2NS/c1-17(7-9-3-2-6-18-9)8-10-12(15)5-4-11(14)13(10)16/h2-6H,7-8H2,1H3. The molecule has 0 radical (unpaired) electrons. The van der Waals surface area contributed by atoms with Crippen LogP contribution >= 0.6 is 27.3 Å². The van der Waals surface area contributed by atoms with Gasteiger partial charge in [0.1, 0.15) is 11.6 Å². The summed E-state index contributed by atoms with van der Waals surface area (Å²) in [6.07, 6.45) is 0. The average Bonchev–Trinajstić information content (AvgIpc) is 2.82. The van der Waals surface area contributed by atoms with E-state index >= 15 is 0 Å². The van der Waals surface area contributed by atoms with Crippen LogP contribution in [0.25, 0.3) is 0 Å². The van der Waals surface area contributed by atoms with Gasteiger partial charge in [-0.2, -0.15) is 0 Å². The Bertz CT molecular complexity index is 528. The van der Waals surface area contributed by atoms with Gasteiger partial charge in [0, 0.05) is 23.5 Å². The summed E-state index contributed by atoms with van der Waals surface area (Å²) in [5.74, 6) is -1.03. The molecule has 0 atom stereocenters. The fourth-order valence-corrected chi connectivity index (χ4v) is 2.86. The molecule has 0 fully saturated rings. The largest absolute Gasteiger partial charge is 0.297 e. The van der Waals surface area contributed by atoms with Gasteiger partial charge in [0.15, 0.2) is 0 Å². The van der Waals surface area contributed by atoms with E-state index in [1.165, 1.54) is 17.0 Å². The van der Waals surface area contributed by atoms with Crippen LogP contribution in [0.3, 0.4) is 0 Å². The molecule has 0 bridgehead atoms. The summed E-state index contributed by atoms with van der Waals surface area (Å²) < 4.78 is 27.7. The van der Waals surface area contributed by atoms with Crippen LogP contribution in [0, 0.1) is 11.6 Å². The Labute approximate surface area is 117 Å². The van der Waals surface area contributed by atoms with Crippen molar-refractivity contribution in [2.24, 2.45) is 0 Å². The van der Waals surface area contributed by atoms with Crippen molar-refractivity contribution >= 4 is 27.3 Å². The molecule has 0 aliphatic heterocycles. The molecule has 0 aliphatic rings. The SMILES string of the molecule is CN(Cc1cccs1)Cc1c(F)ccc(Br)c1F. The number of hydrogen-bond acceptors (Lipinski definition) is 2. The molecule has 0 spiro atoms. The van der Waals surface area contributed by atoms with Crippen LogP contribution in [0.5, 0.6) is 0 Å². The topological polar surface area (TPSA) is 3.24 Å². The lowest BCUT2D eigenvalue weighted by molar-refractivity contribution is 0.309. The van der Waals surface area contributed by atoms with E-state index in [2.05, 4.69) is 15.9 Å². The van der Waals surface area contributed by atoms with E-state index < -0.39 is 11.6 Å². The van der Waals surface area contributed by atoms with Crippen LogP contribution < -0.4 is 0 Å². The molecule has 2 rings (SSSR count). The Hall–Kier alpha value is -0.780. The lowest BCUT2D eigenvalue weighted by Crippen LogP contribution is -2.18. The maximum Gasteiger partial charge on any atom is 0.144 e. The van der Waals surface area contributed by atoms with Crippen molar-refractivity contribution in [3.8, 4) is 0 Å². The number of rotatable bonds is 4. The molecular formula is C13H12BrF2NS. The first-order valence-electron chi connectivity index (χ1n) is 5.41. The van der Waals surface area contributed by atoms with Crippen LogP contribution in [-0.4, -0.2) is 11.9 Å². The fraction of sp³-hybridized carbons (Fsp3) is 0.231. The summed E-state index contributed by atoms with van der Waals surface area (Å²) in [5, 5.41) is 1.99. The van der Waals surface area contributed by atoms with Gasteiger partial charge in [-0.3, -0.25) is 4.90 Å². The van der Waals surface area contributed by atoms with Crippen LogP contribution in [0.1, 0.15) is 10.4 Å². The van der Waals surface area contributed by atoms with Gasteiger partial charge in [0.25, 0.3) is 0 Å². The fourth-order valence-electron chi connectivity index (χ4n) is 1.71. The molecule has 0 N–H and O–H groups in total. The summed E-state index contributed by atoms with van der Waals surface area (Å²) in [7, 11) is 1.85. The Morgan fingerprint density at radius 3 is 2.67 bits per heavy atom. The van der Waals surface area contributed by atoms with Crippen LogP contribution in [0.15, 0.2) is 34.1 Å². The number of hydrogen-bond donors (Lipinski definition) is 0. The summed E-state index contributed by atoms with van der Waals surface area (Å²) in [6, 6.07) is 6.64. The van der Waals surface area contributed by atoms with Gasteiger partial charge in [-0.1, -0.05) is 6.07 Å². The third-order valence-electron chi connectivity index (χ3n) is 2.57.